The molecule has 36 heavy (non-hydrogen) atoms. The van der Waals surface area contributed by atoms with Crippen molar-refractivity contribution in [2.75, 3.05) is 49.9 Å². The molecule has 1 fully saturated rings. The number of hydrogen-bond donors (Lipinski definition) is 2. The van der Waals surface area contributed by atoms with E-state index in [2.05, 4.69) is 20.4 Å². The number of piperazine rings is 1. The molecule has 3 aromatic rings. The highest BCUT2D eigenvalue weighted by Crippen LogP contribution is 2.24. The zero-order valence-corrected chi connectivity index (χ0v) is 21.2. The number of nitrogens with zero attached hydrogens (tertiary/aromatic N) is 2. The van der Waals surface area contributed by atoms with Crippen molar-refractivity contribution in [2.24, 2.45) is 0 Å². The molecule has 1 aliphatic rings. The summed E-state index contributed by atoms with van der Waals surface area (Å²) >= 11 is 0. The van der Waals surface area contributed by atoms with E-state index in [4.69, 9.17) is 4.74 Å². The average molecular weight is 487 g/mol. The molecule has 188 valence electrons. The summed E-state index contributed by atoms with van der Waals surface area (Å²) in [5.74, 6) is 1.45. The van der Waals surface area contributed by atoms with Gasteiger partial charge in [-0.15, -0.1) is 0 Å². The van der Waals surface area contributed by atoms with Crippen molar-refractivity contribution in [3.8, 4) is 11.5 Å². The second-order valence-corrected chi connectivity index (χ2v) is 9.36. The van der Waals surface area contributed by atoms with Crippen LogP contribution in [0.2, 0.25) is 0 Å². The van der Waals surface area contributed by atoms with E-state index in [1.54, 1.807) is 0 Å². The van der Waals surface area contributed by atoms with Crippen LogP contribution >= 0.6 is 0 Å². The SMILES string of the molecule is Cc1cccc(Oc2ccc(NC(=O)CN3CCN(CC(=O)Nc4c(C)cccc4C)CC3)cc2)c1. The van der Waals surface area contributed by atoms with Gasteiger partial charge in [-0.2, -0.15) is 0 Å². The lowest BCUT2D eigenvalue weighted by molar-refractivity contribution is -0.120. The Labute approximate surface area is 213 Å². The Hall–Kier alpha value is -3.68. The smallest absolute Gasteiger partial charge is 0.238 e. The number of nitrogens with one attached hydrogen (secondary N) is 2. The summed E-state index contributed by atoms with van der Waals surface area (Å²) in [7, 11) is 0. The lowest BCUT2D eigenvalue weighted by atomic mass is 10.1. The minimum Gasteiger partial charge on any atom is -0.457 e. The molecule has 7 heteroatoms. The van der Waals surface area contributed by atoms with Crippen LogP contribution < -0.4 is 15.4 Å². The summed E-state index contributed by atoms with van der Waals surface area (Å²) in [5, 5.41) is 6.01. The quantitative estimate of drug-likeness (QED) is 0.487. The van der Waals surface area contributed by atoms with Crippen molar-refractivity contribution in [2.45, 2.75) is 20.8 Å². The number of aryl methyl sites for hydroxylation is 3. The van der Waals surface area contributed by atoms with Crippen molar-refractivity contribution >= 4 is 23.2 Å². The number of amides is 2. The fourth-order valence-corrected chi connectivity index (χ4v) is 4.32. The van der Waals surface area contributed by atoms with Crippen molar-refractivity contribution in [1.82, 2.24) is 9.80 Å². The van der Waals surface area contributed by atoms with Gasteiger partial charge in [-0.25, -0.2) is 0 Å². The predicted octanol–water partition coefficient (Wildman–Crippen LogP) is 4.60. The minimum absolute atomic E-state index is 0.00609. The molecular weight excluding hydrogens is 452 g/mol. The van der Waals surface area contributed by atoms with Gasteiger partial charge >= 0.3 is 0 Å². The van der Waals surface area contributed by atoms with Gasteiger partial charge in [0.05, 0.1) is 13.1 Å². The highest BCUT2D eigenvalue weighted by atomic mass is 16.5. The van der Waals surface area contributed by atoms with Gasteiger partial charge in [0.1, 0.15) is 11.5 Å². The highest BCUT2D eigenvalue weighted by Gasteiger charge is 2.21. The second kappa shape index (κ2) is 11.8. The van der Waals surface area contributed by atoms with Gasteiger partial charge in [0.2, 0.25) is 11.8 Å². The molecule has 0 bridgehead atoms. The van der Waals surface area contributed by atoms with Gasteiger partial charge in [0, 0.05) is 37.6 Å². The summed E-state index contributed by atoms with van der Waals surface area (Å²) in [6.45, 7) is 9.68. The van der Waals surface area contributed by atoms with Gasteiger partial charge < -0.3 is 15.4 Å². The maximum Gasteiger partial charge on any atom is 0.238 e. The standard InChI is InChI=1S/C29H34N4O3/c1-21-6-4-9-26(18-21)36-25-12-10-24(11-13-25)30-27(34)19-32-14-16-33(17-15-32)20-28(35)31-29-22(2)7-5-8-23(29)3/h4-13,18H,14-17,19-20H2,1-3H3,(H,30,34)(H,31,35). The molecule has 0 saturated carbocycles. The van der Waals surface area contributed by atoms with Crippen LogP contribution in [-0.2, 0) is 9.59 Å². The Morgan fingerprint density at radius 2 is 1.28 bits per heavy atom. The van der Waals surface area contributed by atoms with Crippen LogP contribution in [0.4, 0.5) is 11.4 Å². The zero-order valence-electron chi connectivity index (χ0n) is 21.2. The number of carbonyl (C=O) groups is 2. The molecule has 1 heterocycles. The van der Waals surface area contributed by atoms with Crippen LogP contribution in [0.3, 0.4) is 0 Å². The molecule has 0 radical (unpaired) electrons. The predicted molar refractivity (Wildman–Crippen MR) is 144 cm³/mol. The van der Waals surface area contributed by atoms with Crippen molar-refractivity contribution < 1.29 is 14.3 Å². The minimum atomic E-state index is -0.0522. The van der Waals surface area contributed by atoms with E-state index >= 15 is 0 Å². The summed E-state index contributed by atoms with van der Waals surface area (Å²) in [4.78, 5) is 29.4. The Bertz CT molecular complexity index is 1180. The summed E-state index contributed by atoms with van der Waals surface area (Å²) in [5.41, 5.74) is 4.89. The van der Waals surface area contributed by atoms with Gasteiger partial charge in [-0.3, -0.25) is 19.4 Å². The second-order valence-electron chi connectivity index (χ2n) is 9.36. The Morgan fingerprint density at radius 1 is 0.722 bits per heavy atom. The maximum atomic E-state index is 12.6. The van der Waals surface area contributed by atoms with Gasteiger partial charge in [-0.05, 0) is 73.9 Å². The van der Waals surface area contributed by atoms with Crippen LogP contribution in [-0.4, -0.2) is 60.9 Å². The van der Waals surface area contributed by atoms with Crippen LogP contribution in [0.1, 0.15) is 16.7 Å². The third kappa shape index (κ3) is 7.16. The van der Waals surface area contributed by atoms with Crippen LogP contribution in [0.5, 0.6) is 11.5 Å². The fourth-order valence-electron chi connectivity index (χ4n) is 4.32. The molecule has 0 aromatic heterocycles. The molecule has 0 aliphatic carbocycles. The number of ether oxygens (including phenoxy) is 1. The Balaban J connectivity index is 1.18. The monoisotopic (exact) mass is 486 g/mol. The third-order valence-electron chi connectivity index (χ3n) is 6.31. The van der Waals surface area contributed by atoms with E-state index in [9.17, 15) is 9.59 Å². The molecule has 7 nitrogen and oxygen atoms in total. The van der Waals surface area contributed by atoms with Gasteiger partial charge in [-0.1, -0.05) is 30.3 Å². The molecule has 1 aliphatic heterocycles. The number of hydrogen-bond acceptors (Lipinski definition) is 5. The molecule has 4 rings (SSSR count). The first-order chi connectivity index (χ1) is 17.4. The molecule has 3 aromatic carbocycles. The zero-order chi connectivity index (χ0) is 25.5. The number of benzene rings is 3. The van der Waals surface area contributed by atoms with E-state index in [1.165, 1.54) is 0 Å². The first-order valence-electron chi connectivity index (χ1n) is 12.3. The summed E-state index contributed by atoms with van der Waals surface area (Å²) < 4.78 is 5.87. The van der Waals surface area contributed by atoms with E-state index in [-0.39, 0.29) is 11.8 Å². The molecule has 0 atom stereocenters. The molecule has 0 spiro atoms. The number of anilines is 2. The first kappa shape index (κ1) is 25.4. The number of carbonyl (C=O) groups excluding carboxylic acids is 2. The normalized spacial score (nSPS) is 14.3. The molecule has 2 amide bonds. The van der Waals surface area contributed by atoms with Crippen molar-refractivity contribution in [3.63, 3.8) is 0 Å². The van der Waals surface area contributed by atoms with Crippen LogP contribution in [0, 0.1) is 20.8 Å². The lowest BCUT2D eigenvalue weighted by Crippen LogP contribution is -2.50. The summed E-state index contributed by atoms with van der Waals surface area (Å²) in [6, 6.07) is 21.3. The maximum absolute atomic E-state index is 12.6. The van der Waals surface area contributed by atoms with E-state index in [0.717, 1.165) is 65.7 Å². The number of rotatable bonds is 8. The lowest BCUT2D eigenvalue weighted by Gasteiger charge is -2.33. The fraction of sp³-hybridized carbons (Fsp3) is 0.310. The van der Waals surface area contributed by atoms with E-state index < -0.39 is 0 Å². The topological polar surface area (TPSA) is 73.9 Å². The largest absolute Gasteiger partial charge is 0.457 e. The Kier molecular flexibility index (Phi) is 8.36. The molecule has 2 N–H and O–H groups in total. The Morgan fingerprint density at radius 3 is 1.86 bits per heavy atom. The van der Waals surface area contributed by atoms with Crippen molar-refractivity contribution in [3.05, 3.63) is 83.4 Å². The van der Waals surface area contributed by atoms with Crippen LogP contribution in [0.25, 0.3) is 0 Å². The van der Waals surface area contributed by atoms with Crippen molar-refractivity contribution in [1.29, 1.82) is 0 Å². The molecule has 1 saturated heterocycles. The van der Waals surface area contributed by atoms with Gasteiger partial charge in [0.25, 0.3) is 0 Å². The third-order valence-corrected chi connectivity index (χ3v) is 6.31. The average Bonchev–Trinajstić information content (AvgIpc) is 2.84. The van der Waals surface area contributed by atoms with E-state index in [1.807, 2.05) is 87.5 Å². The van der Waals surface area contributed by atoms with E-state index in [0.29, 0.717) is 13.1 Å². The number of para-hydroxylation sites is 1. The van der Waals surface area contributed by atoms with Crippen LogP contribution in [0.15, 0.2) is 66.7 Å². The first-order valence-corrected chi connectivity index (χ1v) is 12.3. The summed E-state index contributed by atoms with van der Waals surface area (Å²) in [6.07, 6.45) is 0. The molecule has 0 unspecified atom stereocenters. The highest BCUT2D eigenvalue weighted by molar-refractivity contribution is 5.94. The van der Waals surface area contributed by atoms with Gasteiger partial charge in [0.15, 0.2) is 0 Å². The molecular formula is C29H34N4O3.